The van der Waals surface area contributed by atoms with Gasteiger partial charge in [-0.3, -0.25) is 4.79 Å². The zero-order valence-corrected chi connectivity index (χ0v) is 12.4. The number of hydrogen-bond donors (Lipinski definition) is 1. The highest BCUT2D eigenvalue weighted by molar-refractivity contribution is 5.81. The van der Waals surface area contributed by atoms with Gasteiger partial charge in [0.15, 0.2) is 0 Å². The molecular formula is C17H23N3O. The predicted molar refractivity (Wildman–Crippen MR) is 82.5 cm³/mol. The van der Waals surface area contributed by atoms with Gasteiger partial charge in [-0.15, -0.1) is 0 Å². The molecule has 1 atom stereocenters. The number of carbonyl (C=O) groups is 1. The van der Waals surface area contributed by atoms with Crippen molar-refractivity contribution in [2.75, 3.05) is 26.2 Å². The van der Waals surface area contributed by atoms with Crippen LogP contribution in [0.4, 0.5) is 0 Å². The van der Waals surface area contributed by atoms with Crippen LogP contribution in [0.2, 0.25) is 0 Å². The summed E-state index contributed by atoms with van der Waals surface area (Å²) in [7, 11) is 0. The molecular weight excluding hydrogens is 262 g/mol. The highest BCUT2D eigenvalue weighted by atomic mass is 16.1. The SMILES string of the molecule is N#CC(Cc1ccccc1)C(=O)NCCN1CCCCC1. The molecule has 1 aliphatic heterocycles. The molecule has 0 spiro atoms. The van der Waals surface area contributed by atoms with Crippen LogP contribution in [0.5, 0.6) is 0 Å². The minimum absolute atomic E-state index is 0.154. The van der Waals surface area contributed by atoms with Crippen LogP contribution in [0.1, 0.15) is 24.8 Å². The molecule has 1 unspecified atom stereocenters. The largest absolute Gasteiger partial charge is 0.354 e. The lowest BCUT2D eigenvalue weighted by Crippen LogP contribution is -2.39. The number of rotatable bonds is 6. The molecule has 0 aromatic heterocycles. The van der Waals surface area contributed by atoms with E-state index in [0.717, 1.165) is 25.2 Å². The van der Waals surface area contributed by atoms with Crippen molar-refractivity contribution >= 4 is 5.91 Å². The first-order valence-electron chi connectivity index (χ1n) is 7.73. The van der Waals surface area contributed by atoms with Crippen LogP contribution in [0.25, 0.3) is 0 Å². The topological polar surface area (TPSA) is 56.1 Å². The van der Waals surface area contributed by atoms with Crippen LogP contribution >= 0.6 is 0 Å². The van der Waals surface area contributed by atoms with Crippen LogP contribution < -0.4 is 5.32 Å². The summed E-state index contributed by atoms with van der Waals surface area (Å²) in [5.74, 6) is -0.757. The van der Waals surface area contributed by atoms with E-state index in [1.807, 2.05) is 30.3 Å². The Labute approximate surface area is 126 Å². The Balaban J connectivity index is 1.74. The predicted octanol–water partition coefficient (Wildman–Crippen LogP) is 1.97. The number of nitrogens with one attached hydrogen (secondary N) is 1. The summed E-state index contributed by atoms with van der Waals surface area (Å²) < 4.78 is 0. The Bertz CT molecular complexity index is 475. The number of amides is 1. The van der Waals surface area contributed by atoms with Gasteiger partial charge in [-0.05, 0) is 37.9 Å². The average Bonchev–Trinajstić information content (AvgIpc) is 2.54. The van der Waals surface area contributed by atoms with Crippen LogP contribution in [-0.4, -0.2) is 37.0 Å². The summed E-state index contributed by atoms with van der Waals surface area (Å²) in [6.07, 6.45) is 4.30. The second kappa shape index (κ2) is 8.43. The van der Waals surface area contributed by atoms with E-state index in [1.54, 1.807) is 0 Å². The lowest BCUT2D eigenvalue weighted by Gasteiger charge is -2.26. The van der Waals surface area contributed by atoms with Gasteiger partial charge in [-0.2, -0.15) is 5.26 Å². The molecule has 1 heterocycles. The third-order valence-electron chi connectivity index (χ3n) is 3.93. The Morgan fingerprint density at radius 3 is 2.62 bits per heavy atom. The van der Waals surface area contributed by atoms with Gasteiger partial charge in [0.05, 0.1) is 6.07 Å². The van der Waals surface area contributed by atoms with Gasteiger partial charge in [0.25, 0.3) is 0 Å². The maximum Gasteiger partial charge on any atom is 0.237 e. The molecule has 1 N–H and O–H groups in total. The molecule has 1 aliphatic rings. The summed E-state index contributed by atoms with van der Waals surface area (Å²) in [4.78, 5) is 14.4. The average molecular weight is 285 g/mol. The molecule has 1 amide bonds. The summed E-state index contributed by atoms with van der Waals surface area (Å²) >= 11 is 0. The van der Waals surface area contributed by atoms with Crippen LogP contribution in [0, 0.1) is 17.2 Å². The van der Waals surface area contributed by atoms with Crippen molar-refractivity contribution < 1.29 is 4.79 Å². The van der Waals surface area contributed by atoms with E-state index >= 15 is 0 Å². The van der Waals surface area contributed by atoms with Crippen molar-refractivity contribution in [3.05, 3.63) is 35.9 Å². The minimum atomic E-state index is -0.603. The Morgan fingerprint density at radius 1 is 1.24 bits per heavy atom. The molecule has 4 heteroatoms. The molecule has 21 heavy (non-hydrogen) atoms. The van der Waals surface area contributed by atoms with Crippen molar-refractivity contribution in [2.45, 2.75) is 25.7 Å². The number of hydrogen-bond acceptors (Lipinski definition) is 3. The highest BCUT2D eigenvalue weighted by Crippen LogP contribution is 2.09. The second-order valence-corrected chi connectivity index (χ2v) is 5.56. The van der Waals surface area contributed by atoms with Crippen molar-refractivity contribution in [2.24, 2.45) is 5.92 Å². The van der Waals surface area contributed by atoms with Gasteiger partial charge < -0.3 is 10.2 Å². The third-order valence-corrected chi connectivity index (χ3v) is 3.93. The van der Waals surface area contributed by atoms with Crippen molar-refractivity contribution in [1.29, 1.82) is 5.26 Å². The molecule has 112 valence electrons. The summed E-state index contributed by atoms with van der Waals surface area (Å²) in [5.41, 5.74) is 1.02. The minimum Gasteiger partial charge on any atom is -0.354 e. The molecule has 1 saturated heterocycles. The van der Waals surface area contributed by atoms with E-state index in [4.69, 9.17) is 0 Å². The number of likely N-dealkylation sites (tertiary alicyclic amines) is 1. The fourth-order valence-electron chi connectivity index (χ4n) is 2.69. The number of piperidine rings is 1. The van der Waals surface area contributed by atoms with Crippen molar-refractivity contribution in [3.8, 4) is 6.07 Å². The van der Waals surface area contributed by atoms with Crippen LogP contribution in [0.15, 0.2) is 30.3 Å². The van der Waals surface area contributed by atoms with Crippen molar-refractivity contribution in [3.63, 3.8) is 0 Å². The molecule has 2 rings (SSSR count). The third kappa shape index (κ3) is 5.20. The lowest BCUT2D eigenvalue weighted by atomic mass is 10.00. The summed E-state index contributed by atoms with van der Waals surface area (Å²) in [5, 5.41) is 12.1. The second-order valence-electron chi connectivity index (χ2n) is 5.56. The number of nitrogens with zero attached hydrogens (tertiary/aromatic N) is 2. The Morgan fingerprint density at radius 2 is 1.95 bits per heavy atom. The maximum absolute atomic E-state index is 12.1. The fraction of sp³-hybridized carbons (Fsp3) is 0.529. The summed E-state index contributed by atoms with van der Waals surface area (Å²) in [6, 6.07) is 11.8. The number of benzene rings is 1. The lowest BCUT2D eigenvalue weighted by molar-refractivity contribution is -0.123. The molecule has 0 aliphatic carbocycles. The van der Waals surface area contributed by atoms with E-state index in [2.05, 4.69) is 16.3 Å². The van der Waals surface area contributed by atoms with Gasteiger partial charge in [-0.1, -0.05) is 36.8 Å². The molecule has 0 radical (unpaired) electrons. The Kier molecular flexibility index (Phi) is 6.23. The molecule has 1 fully saturated rings. The van der Waals surface area contributed by atoms with Crippen molar-refractivity contribution in [1.82, 2.24) is 10.2 Å². The monoisotopic (exact) mass is 285 g/mol. The van der Waals surface area contributed by atoms with Crippen LogP contribution in [0.3, 0.4) is 0 Å². The molecule has 1 aromatic rings. The van der Waals surface area contributed by atoms with E-state index in [9.17, 15) is 10.1 Å². The zero-order chi connectivity index (χ0) is 14.9. The van der Waals surface area contributed by atoms with Gasteiger partial charge in [0.1, 0.15) is 5.92 Å². The summed E-state index contributed by atoms with van der Waals surface area (Å²) in [6.45, 7) is 3.77. The standard InChI is InChI=1S/C17H23N3O/c18-14-16(13-15-7-3-1-4-8-15)17(21)19-9-12-20-10-5-2-6-11-20/h1,3-4,7-8,16H,2,5-6,9-13H2,(H,19,21). The highest BCUT2D eigenvalue weighted by Gasteiger charge is 2.18. The fourth-order valence-corrected chi connectivity index (χ4v) is 2.69. The smallest absolute Gasteiger partial charge is 0.237 e. The molecule has 4 nitrogen and oxygen atoms in total. The first kappa shape index (κ1) is 15.5. The van der Waals surface area contributed by atoms with Gasteiger partial charge in [0, 0.05) is 13.1 Å². The zero-order valence-electron chi connectivity index (χ0n) is 12.4. The molecule has 0 bridgehead atoms. The van der Waals surface area contributed by atoms with Gasteiger partial charge in [0.2, 0.25) is 5.91 Å². The quantitative estimate of drug-likeness (QED) is 0.869. The van der Waals surface area contributed by atoms with Gasteiger partial charge >= 0.3 is 0 Å². The molecule has 1 aromatic carbocycles. The Hall–Kier alpha value is -1.86. The van der Waals surface area contributed by atoms with E-state index < -0.39 is 5.92 Å². The van der Waals surface area contributed by atoms with E-state index in [1.165, 1.54) is 19.3 Å². The van der Waals surface area contributed by atoms with E-state index in [-0.39, 0.29) is 5.91 Å². The first-order chi connectivity index (χ1) is 10.3. The van der Waals surface area contributed by atoms with Crippen LogP contribution in [-0.2, 0) is 11.2 Å². The van der Waals surface area contributed by atoms with E-state index in [0.29, 0.717) is 13.0 Å². The normalized spacial score (nSPS) is 16.9. The maximum atomic E-state index is 12.1. The molecule has 0 saturated carbocycles. The number of nitriles is 1. The number of carbonyl (C=O) groups excluding carboxylic acids is 1. The first-order valence-corrected chi connectivity index (χ1v) is 7.73. The van der Waals surface area contributed by atoms with Gasteiger partial charge in [-0.25, -0.2) is 0 Å².